The topological polar surface area (TPSA) is 23.6 Å². The van der Waals surface area contributed by atoms with Gasteiger partial charge in [-0.15, -0.1) is 0 Å². The van der Waals surface area contributed by atoms with Gasteiger partial charge in [0.15, 0.2) is 0 Å². The fourth-order valence-corrected chi connectivity index (χ4v) is 1.82. The molecule has 0 radical (unpaired) electrons. The van der Waals surface area contributed by atoms with Crippen LogP contribution in [-0.4, -0.2) is 48.9 Å². The molecule has 0 aromatic carbocycles. The van der Waals surface area contributed by atoms with Crippen LogP contribution in [-0.2, 0) is 4.79 Å². The zero-order valence-electron chi connectivity index (χ0n) is 9.46. The highest BCUT2D eigenvalue weighted by molar-refractivity contribution is 5.78. The van der Waals surface area contributed by atoms with Gasteiger partial charge in [0.05, 0.1) is 6.54 Å². The monoisotopic (exact) mass is 198 g/mol. The number of hydrogen-bond donors (Lipinski definition) is 0. The second-order valence-electron chi connectivity index (χ2n) is 4.15. The van der Waals surface area contributed by atoms with E-state index in [-0.39, 0.29) is 5.91 Å². The zero-order valence-corrected chi connectivity index (χ0v) is 9.46. The molecule has 1 aliphatic heterocycles. The molecular formula is C11H22N2O. The first-order chi connectivity index (χ1) is 6.74. The average molecular weight is 198 g/mol. The van der Waals surface area contributed by atoms with Crippen molar-refractivity contribution < 1.29 is 4.79 Å². The van der Waals surface area contributed by atoms with Crippen LogP contribution in [0.25, 0.3) is 0 Å². The fraction of sp³-hybridized carbons (Fsp3) is 0.909. The number of hydrogen-bond acceptors (Lipinski definition) is 2. The number of nitrogens with zero attached hydrogens (tertiary/aromatic N) is 2. The molecule has 3 nitrogen and oxygen atoms in total. The minimum atomic E-state index is 0.277. The SMILES string of the molecule is CCCCCN1CCCN(C)C(=O)C1. The third-order valence-corrected chi connectivity index (χ3v) is 2.83. The van der Waals surface area contributed by atoms with Crippen molar-refractivity contribution in [3.63, 3.8) is 0 Å². The summed E-state index contributed by atoms with van der Waals surface area (Å²) >= 11 is 0. The highest BCUT2D eigenvalue weighted by Crippen LogP contribution is 2.04. The molecule has 1 rings (SSSR count). The summed E-state index contributed by atoms with van der Waals surface area (Å²) in [6.45, 7) is 5.93. The molecule has 0 aliphatic carbocycles. The molecule has 0 spiro atoms. The van der Waals surface area contributed by atoms with Gasteiger partial charge >= 0.3 is 0 Å². The van der Waals surface area contributed by atoms with Crippen molar-refractivity contribution in [1.29, 1.82) is 0 Å². The van der Waals surface area contributed by atoms with E-state index in [2.05, 4.69) is 11.8 Å². The van der Waals surface area contributed by atoms with E-state index in [0.717, 1.165) is 26.1 Å². The molecule has 0 unspecified atom stereocenters. The minimum Gasteiger partial charge on any atom is -0.345 e. The zero-order chi connectivity index (χ0) is 10.4. The van der Waals surface area contributed by atoms with Crippen molar-refractivity contribution in [2.75, 3.05) is 33.2 Å². The lowest BCUT2D eigenvalue weighted by Gasteiger charge is -2.18. The van der Waals surface area contributed by atoms with Gasteiger partial charge in [-0.1, -0.05) is 19.8 Å². The molecule has 0 bridgehead atoms. The molecule has 14 heavy (non-hydrogen) atoms. The van der Waals surface area contributed by atoms with Crippen LogP contribution in [0.4, 0.5) is 0 Å². The van der Waals surface area contributed by atoms with Gasteiger partial charge in [-0.2, -0.15) is 0 Å². The molecule has 1 fully saturated rings. The van der Waals surface area contributed by atoms with E-state index in [1.165, 1.54) is 19.3 Å². The van der Waals surface area contributed by atoms with E-state index in [0.29, 0.717) is 6.54 Å². The largest absolute Gasteiger partial charge is 0.345 e. The average Bonchev–Trinajstić information content (AvgIpc) is 2.31. The van der Waals surface area contributed by atoms with E-state index in [1.54, 1.807) is 0 Å². The molecule has 3 heteroatoms. The molecule has 0 atom stereocenters. The summed E-state index contributed by atoms with van der Waals surface area (Å²) in [6.07, 6.45) is 4.88. The predicted molar refractivity (Wildman–Crippen MR) is 58.2 cm³/mol. The number of carbonyl (C=O) groups excluding carboxylic acids is 1. The van der Waals surface area contributed by atoms with E-state index in [9.17, 15) is 4.79 Å². The van der Waals surface area contributed by atoms with Crippen molar-refractivity contribution in [1.82, 2.24) is 9.80 Å². The lowest BCUT2D eigenvalue weighted by Crippen LogP contribution is -2.34. The number of rotatable bonds is 4. The van der Waals surface area contributed by atoms with Crippen LogP contribution >= 0.6 is 0 Å². The maximum absolute atomic E-state index is 11.5. The van der Waals surface area contributed by atoms with Crippen LogP contribution in [0.1, 0.15) is 32.6 Å². The summed E-state index contributed by atoms with van der Waals surface area (Å²) in [5.74, 6) is 0.277. The van der Waals surface area contributed by atoms with Crippen LogP contribution in [0.2, 0.25) is 0 Å². The Balaban J connectivity index is 2.27. The molecule has 0 saturated carbocycles. The normalized spacial score (nSPS) is 19.9. The quantitative estimate of drug-likeness (QED) is 0.636. The summed E-state index contributed by atoms with van der Waals surface area (Å²) < 4.78 is 0. The second kappa shape index (κ2) is 6.02. The third kappa shape index (κ3) is 3.66. The van der Waals surface area contributed by atoms with Crippen molar-refractivity contribution in [3.05, 3.63) is 0 Å². The van der Waals surface area contributed by atoms with Gasteiger partial charge in [-0.3, -0.25) is 9.69 Å². The van der Waals surface area contributed by atoms with E-state index < -0.39 is 0 Å². The molecule has 0 aromatic heterocycles. The van der Waals surface area contributed by atoms with E-state index >= 15 is 0 Å². The summed E-state index contributed by atoms with van der Waals surface area (Å²) in [5, 5.41) is 0. The molecule has 1 heterocycles. The summed E-state index contributed by atoms with van der Waals surface area (Å²) in [5.41, 5.74) is 0. The summed E-state index contributed by atoms with van der Waals surface area (Å²) in [7, 11) is 1.90. The van der Waals surface area contributed by atoms with Crippen LogP contribution < -0.4 is 0 Å². The Morgan fingerprint density at radius 2 is 2.07 bits per heavy atom. The first kappa shape index (κ1) is 11.5. The molecular weight excluding hydrogens is 176 g/mol. The summed E-state index contributed by atoms with van der Waals surface area (Å²) in [4.78, 5) is 15.7. The summed E-state index contributed by atoms with van der Waals surface area (Å²) in [6, 6.07) is 0. The predicted octanol–water partition coefficient (Wildman–Crippen LogP) is 1.34. The van der Waals surface area contributed by atoms with Gasteiger partial charge in [0.1, 0.15) is 0 Å². The Labute approximate surface area is 87.1 Å². The molecule has 0 aromatic rings. The lowest BCUT2D eigenvalue weighted by atomic mass is 10.2. The minimum absolute atomic E-state index is 0.277. The van der Waals surface area contributed by atoms with Crippen molar-refractivity contribution in [3.8, 4) is 0 Å². The van der Waals surface area contributed by atoms with Crippen molar-refractivity contribution in [2.45, 2.75) is 32.6 Å². The third-order valence-electron chi connectivity index (χ3n) is 2.83. The lowest BCUT2D eigenvalue weighted by molar-refractivity contribution is -0.129. The first-order valence-corrected chi connectivity index (χ1v) is 5.70. The number of amides is 1. The Morgan fingerprint density at radius 3 is 2.79 bits per heavy atom. The van der Waals surface area contributed by atoms with Crippen LogP contribution in [0, 0.1) is 0 Å². The molecule has 1 amide bonds. The van der Waals surface area contributed by atoms with Crippen LogP contribution in [0.3, 0.4) is 0 Å². The Kier molecular flexibility index (Phi) is 4.94. The highest BCUT2D eigenvalue weighted by atomic mass is 16.2. The van der Waals surface area contributed by atoms with E-state index in [1.807, 2.05) is 11.9 Å². The maximum Gasteiger partial charge on any atom is 0.236 e. The Bertz CT molecular complexity index is 182. The van der Waals surface area contributed by atoms with Gasteiger partial charge in [0.25, 0.3) is 0 Å². The molecule has 0 N–H and O–H groups in total. The Morgan fingerprint density at radius 1 is 1.29 bits per heavy atom. The van der Waals surface area contributed by atoms with Gasteiger partial charge in [-0.05, 0) is 19.4 Å². The fourth-order valence-electron chi connectivity index (χ4n) is 1.82. The molecule has 1 saturated heterocycles. The Hall–Kier alpha value is -0.570. The van der Waals surface area contributed by atoms with Crippen LogP contribution in [0.5, 0.6) is 0 Å². The number of likely N-dealkylation sites (N-methyl/N-ethyl adjacent to an activating group) is 1. The molecule has 1 aliphatic rings. The smallest absolute Gasteiger partial charge is 0.236 e. The van der Waals surface area contributed by atoms with Gasteiger partial charge < -0.3 is 4.90 Å². The van der Waals surface area contributed by atoms with Gasteiger partial charge in [0, 0.05) is 20.1 Å². The van der Waals surface area contributed by atoms with E-state index in [4.69, 9.17) is 0 Å². The van der Waals surface area contributed by atoms with Crippen molar-refractivity contribution in [2.24, 2.45) is 0 Å². The number of unbranched alkanes of at least 4 members (excludes halogenated alkanes) is 2. The highest BCUT2D eigenvalue weighted by Gasteiger charge is 2.17. The number of carbonyl (C=O) groups is 1. The second-order valence-corrected chi connectivity index (χ2v) is 4.15. The van der Waals surface area contributed by atoms with Gasteiger partial charge in [0.2, 0.25) is 5.91 Å². The van der Waals surface area contributed by atoms with Crippen molar-refractivity contribution >= 4 is 5.91 Å². The van der Waals surface area contributed by atoms with Gasteiger partial charge in [-0.25, -0.2) is 0 Å². The molecule has 82 valence electrons. The standard InChI is InChI=1S/C11H22N2O/c1-3-4-5-8-13-9-6-7-12(2)11(14)10-13/h3-10H2,1-2H3. The van der Waals surface area contributed by atoms with Crippen LogP contribution in [0.15, 0.2) is 0 Å². The first-order valence-electron chi connectivity index (χ1n) is 5.70. The maximum atomic E-state index is 11.5.